The number of carbonyl (C=O) groups is 2. The van der Waals surface area contributed by atoms with Gasteiger partial charge >= 0.3 is 11.9 Å². The molecule has 0 saturated carbocycles. The van der Waals surface area contributed by atoms with Gasteiger partial charge in [0.1, 0.15) is 12.1 Å². The normalized spacial score (nSPS) is 8.82. The molecule has 0 unspecified atom stereocenters. The van der Waals surface area contributed by atoms with E-state index >= 15 is 0 Å². The van der Waals surface area contributed by atoms with Crippen LogP contribution >= 0.6 is 0 Å². The Kier molecular flexibility index (Phi) is 4.70. The molecule has 0 aromatic carbocycles. The first-order valence-corrected chi connectivity index (χ1v) is 4.77. The zero-order valence-electron chi connectivity index (χ0n) is 9.52. The smallest absolute Gasteiger partial charge is 0.356 e. The maximum Gasteiger partial charge on any atom is 0.356 e. The molecule has 17 heavy (non-hydrogen) atoms. The van der Waals surface area contributed by atoms with E-state index in [0.29, 0.717) is 5.56 Å². The fourth-order valence-electron chi connectivity index (χ4n) is 0.984. The molecule has 5 nitrogen and oxygen atoms in total. The minimum Gasteiger partial charge on any atom is -0.468 e. The lowest BCUT2D eigenvalue weighted by molar-refractivity contribution is -0.139. The van der Waals surface area contributed by atoms with Gasteiger partial charge in [0, 0.05) is 11.8 Å². The first kappa shape index (κ1) is 12.7. The van der Waals surface area contributed by atoms with Gasteiger partial charge in [-0.3, -0.25) is 4.79 Å². The van der Waals surface area contributed by atoms with Crippen LogP contribution in [-0.4, -0.2) is 31.1 Å². The molecule has 0 aliphatic rings. The number of aromatic nitrogens is 1. The first-order valence-electron chi connectivity index (χ1n) is 4.77. The molecule has 0 radical (unpaired) electrons. The molecule has 0 N–H and O–H groups in total. The van der Waals surface area contributed by atoms with Crippen molar-refractivity contribution in [2.24, 2.45) is 0 Å². The molecule has 88 valence electrons. The van der Waals surface area contributed by atoms with E-state index in [9.17, 15) is 9.59 Å². The number of esters is 2. The second-order valence-corrected chi connectivity index (χ2v) is 2.98. The lowest BCUT2D eigenvalue weighted by Crippen LogP contribution is -2.03. The molecule has 1 aromatic heterocycles. The van der Waals surface area contributed by atoms with Gasteiger partial charge in [-0.2, -0.15) is 0 Å². The van der Waals surface area contributed by atoms with Crippen LogP contribution < -0.4 is 0 Å². The second-order valence-electron chi connectivity index (χ2n) is 2.98. The highest BCUT2D eigenvalue weighted by atomic mass is 16.5. The molecule has 1 aromatic rings. The molecule has 5 heteroatoms. The van der Waals surface area contributed by atoms with E-state index in [1.807, 2.05) is 0 Å². The van der Waals surface area contributed by atoms with Crippen molar-refractivity contribution in [1.82, 2.24) is 4.98 Å². The van der Waals surface area contributed by atoms with Gasteiger partial charge in [-0.05, 0) is 12.1 Å². The SMILES string of the molecule is COC(=O)CC#Cc1ccc(C(=O)OC)nc1. The largest absolute Gasteiger partial charge is 0.468 e. The van der Waals surface area contributed by atoms with E-state index in [4.69, 9.17) is 0 Å². The third-order valence-electron chi connectivity index (χ3n) is 1.85. The van der Waals surface area contributed by atoms with E-state index < -0.39 is 11.9 Å². The summed E-state index contributed by atoms with van der Waals surface area (Å²) in [7, 11) is 2.59. The number of hydrogen-bond donors (Lipinski definition) is 0. The van der Waals surface area contributed by atoms with E-state index in [2.05, 4.69) is 26.3 Å². The third kappa shape index (κ3) is 3.95. The van der Waals surface area contributed by atoms with Crippen molar-refractivity contribution in [3.8, 4) is 11.8 Å². The molecule has 0 spiro atoms. The summed E-state index contributed by atoms with van der Waals surface area (Å²) in [4.78, 5) is 25.7. The predicted octanol–water partition coefficient (Wildman–Crippen LogP) is 0.783. The van der Waals surface area contributed by atoms with Crippen LogP contribution in [0, 0.1) is 11.8 Å². The Bertz CT molecular complexity index is 468. The summed E-state index contributed by atoms with van der Waals surface area (Å²) in [6, 6.07) is 3.14. The van der Waals surface area contributed by atoms with E-state index in [0.717, 1.165) is 0 Å². The highest BCUT2D eigenvalue weighted by Gasteiger charge is 2.05. The van der Waals surface area contributed by atoms with Crippen molar-refractivity contribution in [2.75, 3.05) is 14.2 Å². The van der Waals surface area contributed by atoms with Gasteiger partial charge in [-0.15, -0.1) is 0 Å². The number of hydrogen-bond acceptors (Lipinski definition) is 5. The number of carbonyl (C=O) groups excluding carboxylic acids is 2. The maximum absolute atomic E-state index is 11.1. The third-order valence-corrected chi connectivity index (χ3v) is 1.85. The van der Waals surface area contributed by atoms with Gasteiger partial charge in [-0.25, -0.2) is 9.78 Å². The number of methoxy groups -OCH3 is 2. The van der Waals surface area contributed by atoms with Gasteiger partial charge < -0.3 is 9.47 Å². The highest BCUT2D eigenvalue weighted by Crippen LogP contribution is 2.00. The molecule has 0 amide bonds. The Balaban J connectivity index is 2.68. The lowest BCUT2D eigenvalue weighted by atomic mass is 10.2. The molecule has 0 aliphatic carbocycles. The summed E-state index contributed by atoms with van der Waals surface area (Å²) in [5, 5.41) is 0. The maximum atomic E-state index is 11.1. The van der Waals surface area contributed by atoms with E-state index in [-0.39, 0.29) is 12.1 Å². The second kappa shape index (κ2) is 6.28. The van der Waals surface area contributed by atoms with Crippen molar-refractivity contribution in [3.63, 3.8) is 0 Å². The van der Waals surface area contributed by atoms with E-state index in [1.54, 1.807) is 6.07 Å². The number of rotatable bonds is 2. The average Bonchev–Trinajstić information content (AvgIpc) is 2.38. The topological polar surface area (TPSA) is 65.5 Å². The van der Waals surface area contributed by atoms with Crippen LogP contribution in [0.15, 0.2) is 18.3 Å². The fourth-order valence-corrected chi connectivity index (χ4v) is 0.984. The minimum atomic E-state index is -0.501. The highest BCUT2D eigenvalue weighted by molar-refractivity contribution is 5.87. The molecule has 0 atom stereocenters. The van der Waals surface area contributed by atoms with Crippen LogP contribution in [0.1, 0.15) is 22.5 Å². The number of nitrogens with zero attached hydrogens (tertiary/aromatic N) is 1. The van der Waals surface area contributed by atoms with Gasteiger partial charge in [0.15, 0.2) is 0 Å². The quantitative estimate of drug-likeness (QED) is 0.558. The Morgan fingerprint density at radius 1 is 1.29 bits per heavy atom. The fraction of sp³-hybridized carbons (Fsp3) is 0.250. The van der Waals surface area contributed by atoms with Crippen LogP contribution in [0.5, 0.6) is 0 Å². The van der Waals surface area contributed by atoms with Crippen LogP contribution in [-0.2, 0) is 14.3 Å². The van der Waals surface area contributed by atoms with E-state index in [1.165, 1.54) is 26.5 Å². The molecule has 1 heterocycles. The molecule has 0 aliphatic heterocycles. The standard InChI is InChI=1S/C12H11NO4/c1-16-11(14)5-3-4-9-6-7-10(13-8-9)12(15)17-2/h6-8H,5H2,1-2H3. The van der Waals surface area contributed by atoms with Crippen molar-refractivity contribution >= 4 is 11.9 Å². The summed E-state index contributed by atoms with van der Waals surface area (Å²) in [6.07, 6.45) is 1.46. The summed E-state index contributed by atoms with van der Waals surface area (Å²) < 4.78 is 8.94. The van der Waals surface area contributed by atoms with Gasteiger partial charge in [0.05, 0.1) is 14.2 Å². The first-order chi connectivity index (χ1) is 8.17. The summed E-state index contributed by atoms with van der Waals surface area (Å²) >= 11 is 0. The Labute approximate surface area is 98.8 Å². The molecule has 0 bridgehead atoms. The van der Waals surface area contributed by atoms with Crippen molar-refractivity contribution in [1.29, 1.82) is 0 Å². The molecular formula is C12H11NO4. The lowest BCUT2D eigenvalue weighted by Gasteiger charge is -1.97. The molecule has 1 rings (SSSR count). The van der Waals surface area contributed by atoms with Crippen LogP contribution in [0.2, 0.25) is 0 Å². The van der Waals surface area contributed by atoms with Crippen molar-refractivity contribution < 1.29 is 19.1 Å². The number of pyridine rings is 1. The van der Waals surface area contributed by atoms with Crippen molar-refractivity contribution in [3.05, 3.63) is 29.6 Å². The van der Waals surface area contributed by atoms with Gasteiger partial charge in [-0.1, -0.05) is 11.8 Å². The zero-order valence-corrected chi connectivity index (χ0v) is 9.52. The molecular weight excluding hydrogens is 222 g/mol. The Hall–Kier alpha value is -2.35. The number of ether oxygens (including phenoxy) is 2. The predicted molar refractivity (Wildman–Crippen MR) is 59.1 cm³/mol. The van der Waals surface area contributed by atoms with Gasteiger partial charge in [0.2, 0.25) is 0 Å². The van der Waals surface area contributed by atoms with Crippen LogP contribution in [0.25, 0.3) is 0 Å². The van der Waals surface area contributed by atoms with Crippen LogP contribution in [0.4, 0.5) is 0 Å². The Morgan fingerprint density at radius 3 is 2.59 bits per heavy atom. The summed E-state index contributed by atoms with van der Waals surface area (Å²) in [5.41, 5.74) is 0.826. The monoisotopic (exact) mass is 233 g/mol. The average molecular weight is 233 g/mol. The van der Waals surface area contributed by atoms with Gasteiger partial charge in [0.25, 0.3) is 0 Å². The summed E-state index contributed by atoms with van der Waals surface area (Å²) in [6.45, 7) is 0. The zero-order chi connectivity index (χ0) is 12.7. The minimum absolute atomic E-state index is 0.0231. The van der Waals surface area contributed by atoms with Crippen LogP contribution in [0.3, 0.4) is 0 Å². The Morgan fingerprint density at radius 2 is 2.06 bits per heavy atom. The summed E-state index contributed by atoms with van der Waals surface area (Å²) in [5.74, 6) is 4.47. The van der Waals surface area contributed by atoms with Crippen molar-refractivity contribution in [2.45, 2.75) is 6.42 Å². The molecule has 0 saturated heterocycles. The molecule has 0 fully saturated rings.